The second kappa shape index (κ2) is 8.86. The highest BCUT2D eigenvalue weighted by atomic mass is 19.4. The second-order valence-electron chi connectivity index (χ2n) is 7.26. The molecule has 13 heteroatoms. The number of ether oxygens (including phenoxy) is 1. The highest BCUT2D eigenvalue weighted by molar-refractivity contribution is 5.48. The van der Waals surface area contributed by atoms with Crippen molar-refractivity contribution in [1.82, 2.24) is 0 Å². The van der Waals surface area contributed by atoms with Gasteiger partial charge in [-0.3, -0.25) is 0 Å². The van der Waals surface area contributed by atoms with Gasteiger partial charge in [-0.1, -0.05) is 12.1 Å². The summed E-state index contributed by atoms with van der Waals surface area (Å²) in [6.45, 7) is 5.55. The average molecular weight is 489 g/mol. The number of nitrogens with zero attached hydrogens (tertiary/aromatic N) is 1. The lowest BCUT2D eigenvalue weighted by molar-refractivity contribution is -0.424. The minimum Gasteiger partial charge on any atom is -0.374 e. The summed E-state index contributed by atoms with van der Waals surface area (Å²) in [5.74, 6) is -27.9. The number of alkyl halides is 11. The van der Waals surface area contributed by atoms with Crippen molar-refractivity contribution >= 4 is 5.69 Å². The van der Waals surface area contributed by atoms with Crippen LogP contribution in [0.15, 0.2) is 24.3 Å². The maximum Gasteiger partial charge on any atom is 0.460 e. The van der Waals surface area contributed by atoms with E-state index in [1.54, 1.807) is 0 Å². The Morgan fingerprint density at radius 3 is 1.50 bits per heavy atom. The van der Waals surface area contributed by atoms with Crippen molar-refractivity contribution in [2.45, 2.75) is 62.7 Å². The van der Waals surface area contributed by atoms with Crippen LogP contribution in [0.1, 0.15) is 32.8 Å². The molecule has 2 nitrogen and oxygen atoms in total. The van der Waals surface area contributed by atoms with E-state index in [2.05, 4.69) is 0 Å². The number of rotatable bonds is 10. The summed E-state index contributed by atoms with van der Waals surface area (Å²) in [5, 5.41) is 0. The van der Waals surface area contributed by atoms with Crippen LogP contribution in [0.3, 0.4) is 0 Å². The Kier molecular flexibility index (Phi) is 7.82. The molecular formula is C19H22F11NO. The second-order valence-corrected chi connectivity index (χ2v) is 7.26. The minimum atomic E-state index is -7.44. The molecule has 0 aromatic heterocycles. The summed E-state index contributed by atoms with van der Waals surface area (Å²) >= 11 is 0. The van der Waals surface area contributed by atoms with E-state index in [1.165, 1.54) is 24.3 Å². The molecule has 0 fully saturated rings. The van der Waals surface area contributed by atoms with Crippen molar-refractivity contribution in [1.29, 1.82) is 0 Å². The van der Waals surface area contributed by atoms with Crippen molar-refractivity contribution in [3.8, 4) is 0 Å². The molecule has 0 spiro atoms. The van der Waals surface area contributed by atoms with E-state index < -0.39 is 41.9 Å². The fraction of sp³-hybridized carbons (Fsp3) is 0.684. The molecule has 0 aliphatic heterocycles. The van der Waals surface area contributed by atoms with Gasteiger partial charge in [0, 0.05) is 25.9 Å². The van der Waals surface area contributed by atoms with E-state index in [-0.39, 0.29) is 5.56 Å². The first-order valence-corrected chi connectivity index (χ1v) is 9.24. The SMILES string of the molecule is CCN(CC)c1ccc(C(C)(CC(F)(F)C(F)(F)C(F)(F)C(F)(F)C(F)(F)F)OC)cc1. The van der Waals surface area contributed by atoms with Crippen LogP contribution in [-0.2, 0) is 10.3 Å². The first kappa shape index (κ1) is 28.2. The molecule has 0 bridgehead atoms. The summed E-state index contributed by atoms with van der Waals surface area (Å²) < 4.78 is 151. The summed E-state index contributed by atoms with van der Waals surface area (Å²) in [7, 11) is 0.773. The molecule has 0 saturated heterocycles. The molecule has 0 amide bonds. The van der Waals surface area contributed by atoms with Gasteiger partial charge in [0.25, 0.3) is 0 Å². The topological polar surface area (TPSA) is 12.5 Å². The van der Waals surface area contributed by atoms with Crippen LogP contribution in [0.5, 0.6) is 0 Å². The Labute approximate surface area is 177 Å². The van der Waals surface area contributed by atoms with Gasteiger partial charge in [0.1, 0.15) is 0 Å². The normalized spacial score (nSPS) is 16.1. The lowest BCUT2D eigenvalue weighted by Crippen LogP contribution is -2.67. The summed E-state index contributed by atoms with van der Waals surface area (Å²) in [5.41, 5.74) is -2.04. The zero-order valence-corrected chi connectivity index (χ0v) is 17.4. The predicted octanol–water partition coefficient (Wildman–Crippen LogP) is 6.89. The first-order valence-electron chi connectivity index (χ1n) is 9.24. The van der Waals surface area contributed by atoms with E-state index in [1.807, 2.05) is 18.7 Å². The molecule has 0 radical (unpaired) electrons. The zero-order valence-electron chi connectivity index (χ0n) is 17.4. The predicted molar refractivity (Wildman–Crippen MR) is 94.8 cm³/mol. The quantitative estimate of drug-likeness (QED) is 0.332. The molecule has 0 saturated carbocycles. The van der Waals surface area contributed by atoms with Crippen LogP contribution < -0.4 is 4.90 Å². The van der Waals surface area contributed by atoms with Gasteiger partial charge in [0.15, 0.2) is 0 Å². The molecule has 186 valence electrons. The maximum absolute atomic E-state index is 14.3. The van der Waals surface area contributed by atoms with Gasteiger partial charge in [0.05, 0.1) is 12.0 Å². The highest BCUT2D eigenvalue weighted by Gasteiger charge is 2.87. The lowest BCUT2D eigenvalue weighted by atomic mass is 9.84. The van der Waals surface area contributed by atoms with Gasteiger partial charge < -0.3 is 9.64 Å². The van der Waals surface area contributed by atoms with Gasteiger partial charge in [-0.05, 0) is 38.5 Å². The Bertz CT molecular complexity index is 758. The van der Waals surface area contributed by atoms with E-state index in [9.17, 15) is 48.3 Å². The molecule has 1 unspecified atom stereocenters. The van der Waals surface area contributed by atoms with Gasteiger partial charge in [-0.25, -0.2) is 0 Å². The first-order chi connectivity index (χ1) is 14.3. The molecular weight excluding hydrogens is 467 g/mol. The van der Waals surface area contributed by atoms with Crippen molar-refractivity contribution < 1.29 is 53.0 Å². The van der Waals surface area contributed by atoms with Gasteiger partial charge in [-0.2, -0.15) is 48.3 Å². The summed E-state index contributed by atoms with van der Waals surface area (Å²) in [4.78, 5) is 1.83. The Morgan fingerprint density at radius 1 is 0.719 bits per heavy atom. The fourth-order valence-electron chi connectivity index (χ4n) is 3.05. The van der Waals surface area contributed by atoms with E-state index in [0.29, 0.717) is 18.8 Å². The highest BCUT2D eigenvalue weighted by Crippen LogP contribution is 2.59. The van der Waals surface area contributed by atoms with Crippen molar-refractivity contribution in [2.24, 2.45) is 0 Å². The summed E-state index contributed by atoms with van der Waals surface area (Å²) in [6.07, 6.45) is -9.50. The summed E-state index contributed by atoms with van der Waals surface area (Å²) in [6, 6.07) is 5.16. The van der Waals surface area contributed by atoms with Crippen molar-refractivity contribution in [3.05, 3.63) is 29.8 Å². The Hall–Kier alpha value is -1.79. The standard InChI is InChI=1S/C19H22F11NO/c1-5-31(6-2)13-9-7-12(8-10-13)14(3,32-4)11-15(20,21)16(22,23)17(24,25)18(26,27)19(28,29)30/h7-10H,5-6,11H2,1-4H3. The molecule has 0 heterocycles. The number of benzene rings is 1. The largest absolute Gasteiger partial charge is 0.460 e. The maximum atomic E-state index is 14.3. The minimum absolute atomic E-state index is 0.211. The molecule has 32 heavy (non-hydrogen) atoms. The lowest BCUT2D eigenvalue weighted by Gasteiger charge is -2.40. The van der Waals surface area contributed by atoms with Crippen LogP contribution >= 0.6 is 0 Å². The number of hydrogen-bond donors (Lipinski definition) is 0. The van der Waals surface area contributed by atoms with Crippen LogP contribution in [0, 0.1) is 0 Å². The monoisotopic (exact) mass is 489 g/mol. The van der Waals surface area contributed by atoms with E-state index in [0.717, 1.165) is 14.0 Å². The fourth-order valence-corrected chi connectivity index (χ4v) is 3.05. The third-order valence-corrected chi connectivity index (χ3v) is 5.22. The number of halogens is 11. The molecule has 1 atom stereocenters. The molecule has 0 aliphatic carbocycles. The molecule has 1 rings (SSSR count). The van der Waals surface area contributed by atoms with E-state index in [4.69, 9.17) is 4.74 Å². The van der Waals surface area contributed by atoms with E-state index >= 15 is 0 Å². The Morgan fingerprint density at radius 2 is 1.16 bits per heavy atom. The molecule has 0 aliphatic rings. The third-order valence-electron chi connectivity index (χ3n) is 5.22. The third kappa shape index (κ3) is 4.62. The van der Waals surface area contributed by atoms with Crippen molar-refractivity contribution in [2.75, 3.05) is 25.1 Å². The van der Waals surface area contributed by atoms with Crippen LogP contribution in [0.2, 0.25) is 0 Å². The van der Waals surface area contributed by atoms with Crippen LogP contribution in [-0.4, -0.2) is 50.1 Å². The van der Waals surface area contributed by atoms with Gasteiger partial charge in [0.2, 0.25) is 0 Å². The zero-order chi connectivity index (χ0) is 25.4. The molecule has 1 aromatic carbocycles. The smallest absolute Gasteiger partial charge is 0.374 e. The number of methoxy groups -OCH3 is 1. The van der Waals surface area contributed by atoms with Crippen LogP contribution in [0.4, 0.5) is 54.0 Å². The number of anilines is 1. The molecule has 1 aromatic rings. The van der Waals surface area contributed by atoms with Crippen LogP contribution in [0.25, 0.3) is 0 Å². The average Bonchev–Trinajstić information content (AvgIpc) is 2.67. The van der Waals surface area contributed by atoms with Gasteiger partial charge in [-0.15, -0.1) is 0 Å². The van der Waals surface area contributed by atoms with Crippen molar-refractivity contribution in [3.63, 3.8) is 0 Å². The molecule has 0 N–H and O–H groups in total. The Balaban J connectivity index is 3.38. The van der Waals surface area contributed by atoms with Gasteiger partial charge >= 0.3 is 29.9 Å². The number of hydrogen-bond acceptors (Lipinski definition) is 2.